The third-order valence-corrected chi connectivity index (χ3v) is 3.43. The Kier molecular flexibility index (Phi) is 9.10. The number of amides is 2. The Morgan fingerprint density at radius 3 is 1.65 bits per heavy atom. The first-order valence-electron chi connectivity index (χ1n) is 8.69. The van der Waals surface area contributed by atoms with Crippen molar-refractivity contribution < 1.29 is 19.1 Å². The summed E-state index contributed by atoms with van der Waals surface area (Å²) in [6.45, 7) is 4.65. The molecule has 0 radical (unpaired) electrons. The first-order valence-corrected chi connectivity index (χ1v) is 8.69. The van der Waals surface area contributed by atoms with Crippen molar-refractivity contribution in [2.45, 2.75) is 39.5 Å². The first-order chi connectivity index (χ1) is 12.4. The average molecular weight is 368 g/mol. The lowest BCUT2D eigenvalue weighted by molar-refractivity contribution is 0.152. The van der Waals surface area contributed by atoms with Crippen molar-refractivity contribution in [3.8, 4) is 0 Å². The van der Waals surface area contributed by atoms with E-state index in [1.807, 2.05) is 13.8 Å². The van der Waals surface area contributed by atoms with E-state index in [-0.39, 0.29) is 17.8 Å². The second-order valence-electron chi connectivity index (χ2n) is 5.56. The fraction of sp³-hybridized carbons (Fsp3) is 0.688. The highest BCUT2D eigenvalue weighted by Crippen LogP contribution is 2.16. The number of anilines is 3. The van der Waals surface area contributed by atoms with E-state index < -0.39 is 12.2 Å². The maximum atomic E-state index is 12.1. The summed E-state index contributed by atoms with van der Waals surface area (Å²) in [5.41, 5.74) is 0. The van der Waals surface area contributed by atoms with Gasteiger partial charge in [0.2, 0.25) is 17.8 Å². The van der Waals surface area contributed by atoms with Crippen molar-refractivity contribution in [1.29, 1.82) is 0 Å². The van der Waals surface area contributed by atoms with Crippen LogP contribution < -0.4 is 15.1 Å². The number of nitrogens with zero attached hydrogens (tertiary/aromatic N) is 5. The molecule has 10 heteroatoms. The fourth-order valence-corrected chi connectivity index (χ4v) is 1.73. The van der Waals surface area contributed by atoms with Gasteiger partial charge >= 0.3 is 12.2 Å². The van der Waals surface area contributed by atoms with Crippen LogP contribution in [0.15, 0.2) is 0 Å². The zero-order valence-corrected chi connectivity index (χ0v) is 16.1. The summed E-state index contributed by atoms with van der Waals surface area (Å²) in [4.78, 5) is 38.9. The predicted octanol–water partition coefficient (Wildman–Crippen LogP) is 2.66. The molecule has 1 aromatic heterocycles. The minimum atomic E-state index is -0.578. The van der Waals surface area contributed by atoms with Gasteiger partial charge in [0.1, 0.15) is 0 Å². The van der Waals surface area contributed by atoms with Gasteiger partial charge in [-0.1, -0.05) is 26.7 Å². The van der Waals surface area contributed by atoms with E-state index in [2.05, 4.69) is 20.3 Å². The van der Waals surface area contributed by atoms with Gasteiger partial charge in [-0.25, -0.2) is 19.4 Å². The molecule has 1 aromatic rings. The molecule has 26 heavy (non-hydrogen) atoms. The van der Waals surface area contributed by atoms with Gasteiger partial charge in [0.05, 0.1) is 13.2 Å². The third-order valence-electron chi connectivity index (χ3n) is 3.43. The van der Waals surface area contributed by atoms with Gasteiger partial charge in [0, 0.05) is 21.1 Å². The Bertz CT molecular complexity index is 552. The molecule has 0 atom stereocenters. The number of ether oxygens (including phenoxy) is 2. The summed E-state index contributed by atoms with van der Waals surface area (Å²) in [6.07, 6.45) is 2.23. The van der Waals surface area contributed by atoms with Crippen LogP contribution >= 0.6 is 0 Å². The summed E-state index contributed by atoms with van der Waals surface area (Å²) in [7, 11) is 4.61. The highest BCUT2D eigenvalue weighted by molar-refractivity contribution is 5.87. The summed E-state index contributed by atoms with van der Waals surface area (Å²) in [6, 6.07) is 0. The molecule has 0 spiro atoms. The number of rotatable bonds is 9. The molecule has 1 N–H and O–H groups in total. The molecular weight excluding hydrogens is 340 g/mol. The van der Waals surface area contributed by atoms with Crippen LogP contribution in [0.1, 0.15) is 39.5 Å². The summed E-state index contributed by atoms with van der Waals surface area (Å²) < 4.78 is 10.3. The Labute approximate surface area is 153 Å². The second kappa shape index (κ2) is 11.1. The van der Waals surface area contributed by atoms with Crippen LogP contribution in [0, 0.1) is 0 Å². The van der Waals surface area contributed by atoms with Gasteiger partial charge in [0.25, 0.3) is 0 Å². The molecule has 0 fully saturated rings. The van der Waals surface area contributed by atoms with Crippen LogP contribution in [-0.4, -0.2) is 61.5 Å². The van der Waals surface area contributed by atoms with Crippen LogP contribution in [-0.2, 0) is 9.47 Å². The van der Waals surface area contributed by atoms with E-state index in [0.29, 0.717) is 13.2 Å². The molecule has 0 aliphatic rings. The molecule has 0 saturated heterocycles. The molecule has 2 amide bonds. The normalized spacial score (nSPS) is 10.2. The van der Waals surface area contributed by atoms with Crippen molar-refractivity contribution in [2.24, 2.45) is 0 Å². The third kappa shape index (κ3) is 6.34. The highest BCUT2D eigenvalue weighted by Gasteiger charge is 2.21. The van der Waals surface area contributed by atoms with Crippen LogP contribution in [0.25, 0.3) is 0 Å². The molecule has 1 heterocycles. The Morgan fingerprint density at radius 2 is 1.31 bits per heavy atom. The van der Waals surface area contributed by atoms with E-state index in [1.165, 1.54) is 14.1 Å². The number of aromatic nitrogens is 3. The van der Waals surface area contributed by atoms with Gasteiger partial charge in [0.15, 0.2) is 0 Å². The van der Waals surface area contributed by atoms with Crippen molar-refractivity contribution >= 4 is 30.0 Å². The molecule has 0 aliphatic carbocycles. The Morgan fingerprint density at radius 1 is 0.885 bits per heavy atom. The first kappa shape index (κ1) is 21.4. The number of hydrogen-bond acceptors (Lipinski definition) is 8. The lowest BCUT2D eigenvalue weighted by Gasteiger charge is -2.19. The number of nitrogens with one attached hydrogen (secondary N) is 1. The monoisotopic (exact) mass is 368 g/mol. The maximum absolute atomic E-state index is 12.1. The average Bonchev–Trinajstić information content (AvgIpc) is 2.66. The van der Waals surface area contributed by atoms with Crippen LogP contribution in [0.4, 0.5) is 27.4 Å². The zero-order chi connectivity index (χ0) is 19.5. The number of carbonyl (C=O) groups is 2. The van der Waals surface area contributed by atoms with E-state index in [9.17, 15) is 9.59 Å². The summed E-state index contributed by atoms with van der Waals surface area (Å²) in [5.74, 6) is 0.342. The molecule has 10 nitrogen and oxygen atoms in total. The van der Waals surface area contributed by atoms with Crippen molar-refractivity contribution in [1.82, 2.24) is 15.0 Å². The van der Waals surface area contributed by atoms with E-state index >= 15 is 0 Å². The van der Waals surface area contributed by atoms with Crippen molar-refractivity contribution in [3.05, 3.63) is 0 Å². The number of hydrogen-bond donors (Lipinski definition) is 1. The van der Waals surface area contributed by atoms with Crippen LogP contribution in [0.2, 0.25) is 0 Å². The molecular formula is C16H28N6O4. The summed E-state index contributed by atoms with van der Waals surface area (Å²) >= 11 is 0. The van der Waals surface area contributed by atoms with Gasteiger partial charge in [-0.2, -0.15) is 15.0 Å². The largest absolute Gasteiger partial charge is 0.449 e. The molecule has 1 rings (SSSR count). The minimum Gasteiger partial charge on any atom is -0.449 e. The smallest absolute Gasteiger partial charge is 0.416 e. The quantitative estimate of drug-likeness (QED) is 0.663. The standard InChI is InChI=1S/C16H28N6O4/c1-6-8-10-25-15(23)21(4)13-18-12(17-3)19-14(20-13)22(5)16(24)26-11-9-7-2/h6-11H2,1-5H3,(H,17,18,19,20). The minimum absolute atomic E-state index is 0.0639. The molecule has 146 valence electrons. The van der Waals surface area contributed by atoms with Crippen molar-refractivity contribution in [2.75, 3.05) is 49.5 Å². The Hall–Kier alpha value is -2.65. The topological polar surface area (TPSA) is 110 Å². The Balaban J connectivity index is 2.92. The maximum Gasteiger partial charge on any atom is 0.416 e. The molecule has 0 unspecified atom stereocenters. The van der Waals surface area contributed by atoms with Gasteiger partial charge in [-0.3, -0.25) is 0 Å². The highest BCUT2D eigenvalue weighted by atomic mass is 16.6. The van der Waals surface area contributed by atoms with Gasteiger partial charge in [-0.15, -0.1) is 0 Å². The van der Waals surface area contributed by atoms with E-state index in [4.69, 9.17) is 9.47 Å². The lowest BCUT2D eigenvalue weighted by Crippen LogP contribution is -2.32. The summed E-state index contributed by atoms with van der Waals surface area (Å²) in [5, 5.41) is 2.78. The van der Waals surface area contributed by atoms with Crippen LogP contribution in [0.5, 0.6) is 0 Å². The fourth-order valence-electron chi connectivity index (χ4n) is 1.73. The SMILES string of the molecule is CCCCOC(=O)N(C)c1nc(NC)nc(N(C)C(=O)OCCCC)n1. The van der Waals surface area contributed by atoms with E-state index in [1.54, 1.807) is 7.05 Å². The lowest BCUT2D eigenvalue weighted by atomic mass is 10.4. The zero-order valence-electron chi connectivity index (χ0n) is 16.1. The molecule has 0 saturated carbocycles. The predicted molar refractivity (Wildman–Crippen MR) is 98.7 cm³/mol. The van der Waals surface area contributed by atoms with Crippen LogP contribution in [0.3, 0.4) is 0 Å². The second-order valence-corrected chi connectivity index (χ2v) is 5.56. The number of unbranched alkanes of at least 4 members (excludes halogenated alkanes) is 2. The van der Waals surface area contributed by atoms with Crippen molar-refractivity contribution in [3.63, 3.8) is 0 Å². The molecule has 0 aromatic carbocycles. The van der Waals surface area contributed by atoms with E-state index in [0.717, 1.165) is 35.5 Å². The molecule has 0 bridgehead atoms. The van der Waals surface area contributed by atoms with Gasteiger partial charge < -0.3 is 14.8 Å². The number of carbonyl (C=O) groups excluding carboxylic acids is 2. The van der Waals surface area contributed by atoms with Gasteiger partial charge in [-0.05, 0) is 12.8 Å². The molecule has 0 aliphatic heterocycles.